The number of ether oxygens (including phenoxy) is 1. The summed E-state index contributed by atoms with van der Waals surface area (Å²) in [6, 6.07) is 15.3. The molecule has 0 saturated carbocycles. The molecule has 2 heterocycles. The quantitative estimate of drug-likeness (QED) is 0.313. The van der Waals surface area contributed by atoms with Crippen molar-refractivity contribution in [2.45, 2.75) is 6.61 Å². The number of anilines is 3. The second-order valence-electron chi connectivity index (χ2n) is 6.93. The highest BCUT2D eigenvalue weighted by Gasteiger charge is 2.08. The molecule has 2 aromatic carbocycles. The Labute approximate surface area is 184 Å². The maximum Gasteiger partial charge on any atom is 0.271 e. The maximum absolute atomic E-state index is 11.8. The molecule has 0 unspecified atom stereocenters. The second-order valence-corrected chi connectivity index (χ2v) is 6.93. The van der Waals surface area contributed by atoms with Crippen molar-refractivity contribution in [2.24, 2.45) is 0 Å². The number of nitrogens with one attached hydrogen (secondary N) is 2. The van der Waals surface area contributed by atoms with E-state index >= 15 is 0 Å². The highest BCUT2D eigenvalue weighted by Crippen LogP contribution is 2.30. The average molecular weight is 430 g/mol. The number of nitrogens with two attached hydrogens (primary N) is 1. The molecule has 5 N–H and O–H groups in total. The molecule has 0 radical (unpaired) electrons. The van der Waals surface area contributed by atoms with Crippen LogP contribution in [0, 0.1) is 0 Å². The summed E-state index contributed by atoms with van der Waals surface area (Å²) < 4.78 is 6.04. The van der Waals surface area contributed by atoms with E-state index in [1.54, 1.807) is 6.20 Å². The van der Waals surface area contributed by atoms with Crippen molar-refractivity contribution < 1.29 is 14.6 Å². The molecule has 0 fully saturated rings. The van der Waals surface area contributed by atoms with Crippen LogP contribution >= 0.6 is 0 Å². The summed E-state index contributed by atoms with van der Waals surface area (Å²) in [5.41, 5.74) is 7.84. The normalized spacial score (nSPS) is 10.7. The Balaban J connectivity index is 1.42. The average Bonchev–Trinajstić information content (AvgIpc) is 2.83. The van der Waals surface area contributed by atoms with E-state index in [2.05, 4.69) is 25.6 Å². The van der Waals surface area contributed by atoms with Gasteiger partial charge < -0.3 is 26.2 Å². The lowest BCUT2D eigenvalue weighted by Gasteiger charge is -2.12. The van der Waals surface area contributed by atoms with Crippen LogP contribution in [0.15, 0.2) is 67.1 Å². The molecule has 9 heteroatoms. The third kappa shape index (κ3) is 4.90. The molecule has 0 aliphatic heterocycles. The van der Waals surface area contributed by atoms with Crippen LogP contribution < -0.4 is 21.1 Å². The SMILES string of the molecule is Nc1ccc(OCc2ccnc(Nc3cnc(C(=O)NCCO)cn3)c2)c2ccccc12. The van der Waals surface area contributed by atoms with E-state index in [0.717, 1.165) is 22.1 Å². The Morgan fingerprint density at radius 3 is 2.62 bits per heavy atom. The van der Waals surface area contributed by atoms with Crippen molar-refractivity contribution in [2.75, 3.05) is 24.2 Å². The molecule has 9 nitrogen and oxygen atoms in total. The van der Waals surface area contributed by atoms with Crippen LogP contribution in [0.4, 0.5) is 17.3 Å². The molecular formula is C23H22N6O3. The van der Waals surface area contributed by atoms with Gasteiger partial charge in [0, 0.05) is 29.2 Å². The van der Waals surface area contributed by atoms with Gasteiger partial charge in [0.05, 0.1) is 19.0 Å². The number of rotatable bonds is 8. The zero-order valence-corrected chi connectivity index (χ0v) is 17.2. The second kappa shape index (κ2) is 9.71. The summed E-state index contributed by atoms with van der Waals surface area (Å²) in [6.45, 7) is 0.366. The van der Waals surface area contributed by atoms with Gasteiger partial charge >= 0.3 is 0 Å². The van der Waals surface area contributed by atoms with E-state index in [1.807, 2.05) is 48.5 Å². The standard InChI is InChI=1S/C23H22N6O3/c24-18-5-6-20(17-4-2-1-3-16(17)18)32-14-15-7-8-25-21(11-15)29-22-13-27-19(12-28-22)23(31)26-9-10-30/h1-8,11-13,30H,9-10,14,24H2,(H,26,31)(H,25,28,29). The fourth-order valence-corrected chi connectivity index (χ4v) is 3.12. The molecule has 4 rings (SSSR count). The van der Waals surface area contributed by atoms with Gasteiger partial charge in [0.15, 0.2) is 0 Å². The number of nitrogens with zero attached hydrogens (tertiary/aromatic N) is 3. The van der Waals surface area contributed by atoms with Gasteiger partial charge in [-0.25, -0.2) is 15.0 Å². The molecule has 0 saturated heterocycles. The lowest BCUT2D eigenvalue weighted by molar-refractivity contribution is 0.0939. The van der Waals surface area contributed by atoms with E-state index in [1.165, 1.54) is 12.4 Å². The number of nitrogen functional groups attached to an aromatic ring is 1. The first-order valence-corrected chi connectivity index (χ1v) is 9.97. The number of hydrogen-bond donors (Lipinski definition) is 4. The first-order valence-electron chi connectivity index (χ1n) is 9.97. The zero-order chi connectivity index (χ0) is 22.3. The molecule has 2 aromatic heterocycles. The Morgan fingerprint density at radius 1 is 1.00 bits per heavy atom. The molecular weight excluding hydrogens is 408 g/mol. The Morgan fingerprint density at radius 2 is 1.84 bits per heavy atom. The summed E-state index contributed by atoms with van der Waals surface area (Å²) in [6.07, 6.45) is 4.47. The van der Waals surface area contributed by atoms with Crippen LogP contribution in [0.2, 0.25) is 0 Å². The minimum atomic E-state index is -0.398. The number of pyridine rings is 1. The third-order valence-electron chi connectivity index (χ3n) is 4.67. The fraction of sp³-hybridized carbons (Fsp3) is 0.130. The number of carbonyl (C=O) groups is 1. The van der Waals surface area contributed by atoms with Crippen molar-refractivity contribution in [1.29, 1.82) is 0 Å². The van der Waals surface area contributed by atoms with Gasteiger partial charge in [0.25, 0.3) is 5.91 Å². The summed E-state index contributed by atoms with van der Waals surface area (Å²) in [7, 11) is 0. The summed E-state index contributed by atoms with van der Waals surface area (Å²) in [5, 5.41) is 16.3. The highest BCUT2D eigenvalue weighted by molar-refractivity contribution is 5.97. The first-order chi connectivity index (χ1) is 15.6. The van der Waals surface area contributed by atoms with Crippen LogP contribution in [0.3, 0.4) is 0 Å². The van der Waals surface area contributed by atoms with Crippen molar-refractivity contribution in [3.8, 4) is 5.75 Å². The van der Waals surface area contributed by atoms with Gasteiger partial charge in [0.2, 0.25) is 0 Å². The molecule has 0 atom stereocenters. The lowest BCUT2D eigenvalue weighted by atomic mass is 10.1. The number of aliphatic hydroxyl groups is 1. The Kier molecular flexibility index (Phi) is 6.38. The lowest BCUT2D eigenvalue weighted by Crippen LogP contribution is -2.27. The van der Waals surface area contributed by atoms with Gasteiger partial charge in [-0.15, -0.1) is 0 Å². The molecule has 0 bridgehead atoms. The number of aromatic nitrogens is 3. The first kappa shape index (κ1) is 21.0. The maximum atomic E-state index is 11.8. The number of benzene rings is 2. The molecule has 1 amide bonds. The Bertz CT molecular complexity index is 1230. The summed E-state index contributed by atoms with van der Waals surface area (Å²) >= 11 is 0. The largest absolute Gasteiger partial charge is 0.488 e. The topological polar surface area (TPSA) is 135 Å². The predicted octanol–water partition coefficient (Wildman–Crippen LogP) is 2.65. The molecule has 0 spiro atoms. The predicted molar refractivity (Wildman–Crippen MR) is 122 cm³/mol. The number of carbonyl (C=O) groups excluding carboxylic acids is 1. The minimum absolute atomic E-state index is 0.140. The third-order valence-corrected chi connectivity index (χ3v) is 4.67. The van der Waals surface area contributed by atoms with Gasteiger partial charge in [0.1, 0.15) is 29.7 Å². The zero-order valence-electron chi connectivity index (χ0n) is 17.2. The number of fused-ring (bicyclic) bond motifs is 1. The van der Waals surface area contributed by atoms with E-state index < -0.39 is 5.91 Å². The van der Waals surface area contributed by atoms with Gasteiger partial charge in [-0.05, 0) is 29.8 Å². The van der Waals surface area contributed by atoms with E-state index in [-0.39, 0.29) is 18.8 Å². The van der Waals surface area contributed by atoms with Crippen LogP contribution in [-0.2, 0) is 6.61 Å². The van der Waals surface area contributed by atoms with Crippen molar-refractivity contribution in [3.63, 3.8) is 0 Å². The highest BCUT2D eigenvalue weighted by atomic mass is 16.5. The number of hydrogen-bond acceptors (Lipinski definition) is 8. The number of amides is 1. The van der Waals surface area contributed by atoms with Gasteiger partial charge in [-0.1, -0.05) is 24.3 Å². The smallest absolute Gasteiger partial charge is 0.271 e. The molecule has 0 aliphatic rings. The van der Waals surface area contributed by atoms with E-state index in [4.69, 9.17) is 15.6 Å². The molecule has 0 aliphatic carbocycles. The molecule has 32 heavy (non-hydrogen) atoms. The van der Waals surface area contributed by atoms with Gasteiger partial charge in [-0.3, -0.25) is 4.79 Å². The Hall–Kier alpha value is -4.24. The van der Waals surface area contributed by atoms with Crippen molar-refractivity contribution in [1.82, 2.24) is 20.3 Å². The van der Waals surface area contributed by atoms with Crippen molar-refractivity contribution in [3.05, 3.63) is 78.4 Å². The summed E-state index contributed by atoms with van der Waals surface area (Å²) in [4.78, 5) is 24.4. The minimum Gasteiger partial charge on any atom is -0.488 e. The van der Waals surface area contributed by atoms with Crippen LogP contribution in [0.1, 0.15) is 16.1 Å². The fourth-order valence-electron chi connectivity index (χ4n) is 3.12. The monoisotopic (exact) mass is 430 g/mol. The van der Waals surface area contributed by atoms with Crippen LogP contribution in [0.25, 0.3) is 10.8 Å². The summed E-state index contributed by atoms with van der Waals surface area (Å²) in [5.74, 6) is 1.37. The van der Waals surface area contributed by atoms with E-state index in [0.29, 0.717) is 23.9 Å². The van der Waals surface area contributed by atoms with Crippen LogP contribution in [-0.4, -0.2) is 39.1 Å². The van der Waals surface area contributed by atoms with Crippen LogP contribution in [0.5, 0.6) is 5.75 Å². The molecule has 4 aromatic rings. The van der Waals surface area contributed by atoms with Gasteiger partial charge in [-0.2, -0.15) is 0 Å². The van der Waals surface area contributed by atoms with Crippen molar-refractivity contribution >= 4 is 34.0 Å². The molecule has 162 valence electrons. The number of aliphatic hydroxyl groups excluding tert-OH is 1. The van der Waals surface area contributed by atoms with E-state index in [9.17, 15) is 4.79 Å².